The first-order valence-corrected chi connectivity index (χ1v) is 8.04. The Labute approximate surface area is 121 Å². The summed E-state index contributed by atoms with van der Waals surface area (Å²) in [6.07, 6.45) is 0. The minimum atomic E-state index is 0.106. The summed E-state index contributed by atoms with van der Waals surface area (Å²) in [5, 5.41) is 8.89. The molecule has 1 atom stereocenters. The molecule has 0 radical (unpaired) electrons. The van der Waals surface area contributed by atoms with E-state index in [1.807, 2.05) is 19.1 Å². The summed E-state index contributed by atoms with van der Waals surface area (Å²) >= 11 is 8.91. The van der Waals surface area contributed by atoms with E-state index in [2.05, 4.69) is 0 Å². The lowest BCUT2D eigenvalue weighted by molar-refractivity contribution is -0.127. The Kier molecular flexibility index (Phi) is 7.07. The van der Waals surface area contributed by atoms with Crippen molar-refractivity contribution in [3.8, 4) is 0 Å². The highest BCUT2D eigenvalue weighted by molar-refractivity contribution is 7.99. The van der Waals surface area contributed by atoms with Crippen molar-refractivity contribution in [2.75, 3.05) is 25.2 Å². The molecule has 0 aromatic carbocycles. The average molecular weight is 308 g/mol. The van der Waals surface area contributed by atoms with Gasteiger partial charge in [0.1, 0.15) is 0 Å². The van der Waals surface area contributed by atoms with Gasteiger partial charge in [-0.3, -0.25) is 4.79 Å². The van der Waals surface area contributed by atoms with Crippen molar-refractivity contribution in [2.45, 2.75) is 13.5 Å². The van der Waals surface area contributed by atoms with E-state index in [1.165, 1.54) is 11.3 Å². The molecule has 1 aromatic rings. The van der Waals surface area contributed by atoms with E-state index in [4.69, 9.17) is 16.7 Å². The summed E-state index contributed by atoms with van der Waals surface area (Å²) < 4.78 is 0.747. The predicted octanol–water partition coefficient (Wildman–Crippen LogP) is 2.72. The lowest BCUT2D eigenvalue weighted by atomic mass is 10.2. The fourth-order valence-corrected chi connectivity index (χ4v) is 3.43. The molecule has 0 aliphatic rings. The molecular weight excluding hydrogens is 290 g/mol. The molecule has 0 spiro atoms. The maximum atomic E-state index is 11.8. The third-order valence-corrected chi connectivity index (χ3v) is 4.86. The highest BCUT2D eigenvalue weighted by Gasteiger charge is 2.11. The first-order chi connectivity index (χ1) is 8.52. The van der Waals surface area contributed by atoms with Crippen molar-refractivity contribution >= 4 is 40.6 Å². The third kappa shape index (κ3) is 5.61. The molecule has 1 N–H and O–H groups in total. The van der Waals surface area contributed by atoms with Crippen LogP contribution in [0.5, 0.6) is 0 Å². The number of aliphatic hydroxyl groups excluding tert-OH is 1. The number of hydrogen-bond acceptors (Lipinski definition) is 4. The van der Waals surface area contributed by atoms with Gasteiger partial charge in [0.2, 0.25) is 5.91 Å². The number of halogens is 1. The van der Waals surface area contributed by atoms with Crippen molar-refractivity contribution in [3.05, 3.63) is 21.3 Å². The van der Waals surface area contributed by atoms with Crippen molar-refractivity contribution in [1.82, 2.24) is 4.90 Å². The van der Waals surface area contributed by atoms with Crippen molar-refractivity contribution in [3.63, 3.8) is 0 Å². The van der Waals surface area contributed by atoms with Crippen LogP contribution in [-0.2, 0) is 11.3 Å². The molecule has 0 saturated heterocycles. The molecule has 0 aliphatic heterocycles. The molecule has 1 rings (SSSR count). The lowest BCUT2D eigenvalue weighted by Gasteiger charge is -2.16. The van der Waals surface area contributed by atoms with Gasteiger partial charge >= 0.3 is 0 Å². The molecule has 6 heteroatoms. The minimum absolute atomic E-state index is 0.106. The first kappa shape index (κ1) is 15.8. The summed E-state index contributed by atoms with van der Waals surface area (Å²) in [7, 11) is 1.80. The number of aliphatic hydroxyl groups is 1. The number of thiophene rings is 1. The van der Waals surface area contributed by atoms with Crippen LogP contribution < -0.4 is 0 Å². The Morgan fingerprint density at radius 1 is 1.61 bits per heavy atom. The van der Waals surface area contributed by atoms with Gasteiger partial charge in [0.15, 0.2) is 0 Å². The van der Waals surface area contributed by atoms with Crippen LogP contribution in [0.2, 0.25) is 4.34 Å². The topological polar surface area (TPSA) is 40.5 Å². The first-order valence-electron chi connectivity index (χ1n) is 5.69. The van der Waals surface area contributed by atoms with Gasteiger partial charge in [0.05, 0.1) is 16.6 Å². The lowest BCUT2D eigenvalue weighted by Crippen LogP contribution is -2.27. The summed E-state index contributed by atoms with van der Waals surface area (Å²) in [6.45, 7) is 2.74. The number of carbonyl (C=O) groups excluding carboxylic acids is 1. The fraction of sp³-hybridized carbons (Fsp3) is 0.583. The molecule has 0 saturated carbocycles. The molecule has 18 heavy (non-hydrogen) atoms. The maximum absolute atomic E-state index is 11.8. The summed E-state index contributed by atoms with van der Waals surface area (Å²) in [5.74, 6) is 1.61. The van der Waals surface area contributed by atoms with Crippen LogP contribution in [0.25, 0.3) is 0 Å². The predicted molar refractivity (Wildman–Crippen MR) is 79.4 cm³/mol. The standard InChI is InChI=1S/C12H18ClNO2S2/c1-9(6-15)7-17-8-12(16)14(2)5-10-3-4-11(13)18-10/h3-4,9,15H,5-8H2,1-2H3. The highest BCUT2D eigenvalue weighted by Crippen LogP contribution is 2.22. The van der Waals surface area contributed by atoms with Gasteiger partial charge in [-0.05, 0) is 23.8 Å². The van der Waals surface area contributed by atoms with Gasteiger partial charge < -0.3 is 10.0 Å². The average Bonchev–Trinajstić information content (AvgIpc) is 2.74. The molecule has 1 unspecified atom stereocenters. The van der Waals surface area contributed by atoms with E-state index in [0.717, 1.165) is 15.0 Å². The zero-order valence-electron chi connectivity index (χ0n) is 10.6. The Morgan fingerprint density at radius 2 is 2.33 bits per heavy atom. The number of thioether (sulfide) groups is 1. The maximum Gasteiger partial charge on any atom is 0.232 e. The van der Waals surface area contributed by atoms with Crippen LogP contribution in [0.3, 0.4) is 0 Å². The number of hydrogen-bond donors (Lipinski definition) is 1. The van der Waals surface area contributed by atoms with Crippen LogP contribution in [0.1, 0.15) is 11.8 Å². The fourth-order valence-electron chi connectivity index (χ4n) is 1.27. The molecule has 1 amide bonds. The summed E-state index contributed by atoms with van der Waals surface area (Å²) in [5.41, 5.74) is 0. The van der Waals surface area contributed by atoms with Crippen LogP contribution in [0.15, 0.2) is 12.1 Å². The van der Waals surface area contributed by atoms with E-state index < -0.39 is 0 Å². The zero-order chi connectivity index (χ0) is 13.5. The Hall–Kier alpha value is -0.230. The molecule has 0 aliphatic carbocycles. The van der Waals surface area contributed by atoms with E-state index in [0.29, 0.717) is 12.3 Å². The molecule has 0 bridgehead atoms. The van der Waals surface area contributed by atoms with E-state index in [-0.39, 0.29) is 18.4 Å². The van der Waals surface area contributed by atoms with Gasteiger partial charge in [-0.1, -0.05) is 18.5 Å². The van der Waals surface area contributed by atoms with E-state index in [1.54, 1.807) is 23.7 Å². The number of nitrogens with zero attached hydrogens (tertiary/aromatic N) is 1. The van der Waals surface area contributed by atoms with Gasteiger partial charge in [0, 0.05) is 18.5 Å². The third-order valence-electron chi connectivity index (χ3n) is 2.39. The molecule has 3 nitrogen and oxygen atoms in total. The summed E-state index contributed by atoms with van der Waals surface area (Å²) in [4.78, 5) is 14.6. The van der Waals surface area contributed by atoms with E-state index >= 15 is 0 Å². The summed E-state index contributed by atoms with van der Waals surface area (Å²) in [6, 6.07) is 3.79. The van der Waals surface area contributed by atoms with Gasteiger partial charge in [-0.25, -0.2) is 0 Å². The smallest absolute Gasteiger partial charge is 0.232 e. The molecule has 102 valence electrons. The highest BCUT2D eigenvalue weighted by atomic mass is 35.5. The number of rotatable bonds is 7. The number of amides is 1. The Balaban J connectivity index is 2.28. The van der Waals surface area contributed by atoms with Gasteiger partial charge in [-0.2, -0.15) is 11.8 Å². The van der Waals surface area contributed by atoms with E-state index in [9.17, 15) is 4.79 Å². The zero-order valence-corrected chi connectivity index (χ0v) is 12.9. The molecule has 0 fully saturated rings. The van der Waals surface area contributed by atoms with Gasteiger partial charge in [-0.15, -0.1) is 11.3 Å². The van der Waals surface area contributed by atoms with Crippen LogP contribution in [0, 0.1) is 5.92 Å². The second-order valence-electron chi connectivity index (χ2n) is 4.26. The van der Waals surface area contributed by atoms with Crippen molar-refractivity contribution in [2.24, 2.45) is 5.92 Å². The van der Waals surface area contributed by atoms with Gasteiger partial charge in [0.25, 0.3) is 0 Å². The molecule has 1 aromatic heterocycles. The second kappa shape index (κ2) is 8.04. The van der Waals surface area contributed by atoms with Crippen LogP contribution in [-0.4, -0.2) is 41.1 Å². The normalized spacial score (nSPS) is 12.4. The SMILES string of the molecule is CC(CO)CSCC(=O)N(C)Cc1ccc(Cl)s1. The molecular formula is C12H18ClNO2S2. The van der Waals surface area contributed by atoms with Crippen molar-refractivity contribution in [1.29, 1.82) is 0 Å². The molecule has 1 heterocycles. The van der Waals surface area contributed by atoms with Crippen molar-refractivity contribution < 1.29 is 9.90 Å². The minimum Gasteiger partial charge on any atom is -0.396 e. The monoisotopic (exact) mass is 307 g/mol. The second-order valence-corrected chi connectivity index (χ2v) is 7.09. The van der Waals surface area contributed by atoms with Crippen LogP contribution in [0.4, 0.5) is 0 Å². The number of carbonyl (C=O) groups is 1. The largest absolute Gasteiger partial charge is 0.396 e. The Bertz CT molecular complexity index is 384. The Morgan fingerprint density at radius 3 is 2.89 bits per heavy atom. The quantitative estimate of drug-likeness (QED) is 0.842. The van der Waals surface area contributed by atoms with Crippen LogP contribution >= 0.6 is 34.7 Å².